The minimum atomic E-state index is -0.341. The smallest absolute Gasteiger partial charge is 0.269 e. The highest BCUT2D eigenvalue weighted by atomic mass is 32.2. The first kappa shape index (κ1) is 18.9. The van der Waals surface area contributed by atoms with Crippen molar-refractivity contribution in [2.24, 2.45) is 0 Å². The van der Waals surface area contributed by atoms with Crippen molar-refractivity contribution in [3.05, 3.63) is 71.3 Å². The standard InChI is InChI=1S/C21H21N3O2S/c1-3-15-12-17-6-4-5-7-18(17)22-21(15)27-13-19(25)23-24-20(26)16-10-8-14(2)9-11-16/h4-12H,3,13H2,1-2H3,(H,23,25)(H,24,26). The van der Waals surface area contributed by atoms with Gasteiger partial charge in [0.2, 0.25) is 5.91 Å². The van der Waals surface area contributed by atoms with Crippen molar-refractivity contribution in [2.45, 2.75) is 25.3 Å². The van der Waals surface area contributed by atoms with Crippen LogP contribution >= 0.6 is 11.8 Å². The second-order valence-corrected chi connectivity index (χ2v) is 7.12. The lowest BCUT2D eigenvalue weighted by Gasteiger charge is -2.10. The van der Waals surface area contributed by atoms with E-state index >= 15 is 0 Å². The van der Waals surface area contributed by atoms with Crippen LogP contribution in [0.15, 0.2) is 59.6 Å². The highest BCUT2D eigenvalue weighted by Gasteiger charge is 2.11. The number of thioether (sulfide) groups is 1. The van der Waals surface area contributed by atoms with Crippen LogP contribution in [0.25, 0.3) is 10.9 Å². The Kier molecular flexibility index (Phi) is 6.08. The van der Waals surface area contributed by atoms with Gasteiger partial charge in [0.15, 0.2) is 0 Å². The van der Waals surface area contributed by atoms with Crippen molar-refractivity contribution in [2.75, 3.05) is 5.75 Å². The second-order valence-electron chi connectivity index (χ2n) is 6.16. The van der Waals surface area contributed by atoms with Crippen LogP contribution in [0, 0.1) is 6.92 Å². The molecular formula is C21H21N3O2S. The molecule has 0 atom stereocenters. The van der Waals surface area contributed by atoms with Crippen LogP contribution in [0.2, 0.25) is 0 Å². The number of rotatable bonds is 5. The number of hydrazine groups is 1. The average Bonchev–Trinajstić information content (AvgIpc) is 2.70. The molecule has 0 saturated carbocycles. The molecule has 6 heteroatoms. The summed E-state index contributed by atoms with van der Waals surface area (Å²) < 4.78 is 0. The van der Waals surface area contributed by atoms with Crippen LogP contribution in [-0.4, -0.2) is 22.6 Å². The summed E-state index contributed by atoms with van der Waals surface area (Å²) >= 11 is 1.37. The van der Waals surface area contributed by atoms with Crippen molar-refractivity contribution >= 4 is 34.5 Å². The number of nitrogens with one attached hydrogen (secondary N) is 2. The van der Waals surface area contributed by atoms with Gasteiger partial charge in [0.05, 0.1) is 11.3 Å². The maximum absolute atomic E-state index is 12.1. The summed E-state index contributed by atoms with van der Waals surface area (Å²) in [5.74, 6) is -0.448. The molecule has 2 amide bonds. The molecule has 0 unspecified atom stereocenters. The van der Waals surface area contributed by atoms with E-state index < -0.39 is 0 Å². The van der Waals surface area contributed by atoms with Gasteiger partial charge in [-0.1, -0.05) is 54.6 Å². The van der Waals surface area contributed by atoms with Crippen molar-refractivity contribution in [3.63, 3.8) is 0 Å². The average molecular weight is 379 g/mol. The van der Waals surface area contributed by atoms with E-state index in [0.29, 0.717) is 5.56 Å². The molecule has 138 valence electrons. The van der Waals surface area contributed by atoms with Crippen molar-refractivity contribution in [3.8, 4) is 0 Å². The number of benzene rings is 2. The van der Waals surface area contributed by atoms with E-state index in [9.17, 15) is 9.59 Å². The minimum Gasteiger partial charge on any atom is -0.272 e. The molecule has 3 rings (SSSR count). The molecule has 0 aliphatic carbocycles. The summed E-state index contributed by atoms with van der Waals surface area (Å²) in [7, 11) is 0. The van der Waals surface area contributed by atoms with E-state index in [1.807, 2.05) is 43.3 Å². The fraction of sp³-hybridized carbons (Fsp3) is 0.190. The topological polar surface area (TPSA) is 71.1 Å². The van der Waals surface area contributed by atoms with Gasteiger partial charge in [0, 0.05) is 10.9 Å². The van der Waals surface area contributed by atoms with Gasteiger partial charge in [0.25, 0.3) is 5.91 Å². The Hall–Kier alpha value is -2.86. The predicted molar refractivity (Wildman–Crippen MR) is 109 cm³/mol. The van der Waals surface area contributed by atoms with E-state index in [4.69, 9.17) is 0 Å². The van der Waals surface area contributed by atoms with Crippen molar-refractivity contribution < 1.29 is 9.59 Å². The third-order valence-electron chi connectivity index (χ3n) is 4.11. The number of para-hydroxylation sites is 1. The fourth-order valence-electron chi connectivity index (χ4n) is 2.59. The van der Waals surface area contributed by atoms with Crippen molar-refractivity contribution in [1.82, 2.24) is 15.8 Å². The summed E-state index contributed by atoms with van der Waals surface area (Å²) in [6, 6.07) is 17.2. The monoisotopic (exact) mass is 379 g/mol. The molecule has 27 heavy (non-hydrogen) atoms. The number of hydrogen-bond donors (Lipinski definition) is 2. The molecule has 1 heterocycles. The van der Waals surface area contributed by atoms with Gasteiger partial charge in [-0.2, -0.15) is 0 Å². The Balaban J connectivity index is 1.58. The van der Waals surface area contributed by atoms with Gasteiger partial charge in [-0.25, -0.2) is 4.98 Å². The maximum Gasteiger partial charge on any atom is 0.269 e. The molecule has 0 bridgehead atoms. The molecular weight excluding hydrogens is 358 g/mol. The number of pyridine rings is 1. The summed E-state index contributed by atoms with van der Waals surface area (Å²) in [5, 5.41) is 1.93. The van der Waals surface area contributed by atoms with E-state index in [2.05, 4.69) is 28.8 Å². The maximum atomic E-state index is 12.1. The molecule has 2 aromatic carbocycles. The number of carbonyl (C=O) groups is 2. The van der Waals surface area contributed by atoms with Gasteiger partial charge >= 0.3 is 0 Å². The zero-order chi connectivity index (χ0) is 19.2. The lowest BCUT2D eigenvalue weighted by atomic mass is 10.1. The van der Waals surface area contributed by atoms with Crippen LogP contribution in [0.5, 0.6) is 0 Å². The third kappa shape index (κ3) is 4.86. The van der Waals surface area contributed by atoms with Crippen molar-refractivity contribution in [1.29, 1.82) is 0 Å². The van der Waals surface area contributed by atoms with Crippen LogP contribution in [-0.2, 0) is 11.2 Å². The van der Waals surface area contributed by atoms with E-state index in [0.717, 1.165) is 33.5 Å². The molecule has 0 spiro atoms. The van der Waals surface area contributed by atoms with Crippen LogP contribution in [0.3, 0.4) is 0 Å². The largest absolute Gasteiger partial charge is 0.272 e. The molecule has 0 saturated heterocycles. The zero-order valence-electron chi connectivity index (χ0n) is 15.3. The van der Waals surface area contributed by atoms with Crippen LogP contribution < -0.4 is 10.9 Å². The first-order valence-electron chi connectivity index (χ1n) is 8.74. The predicted octanol–water partition coefficient (Wildman–Crippen LogP) is 3.66. The zero-order valence-corrected chi connectivity index (χ0v) is 16.1. The minimum absolute atomic E-state index is 0.173. The van der Waals surface area contributed by atoms with Crippen LogP contribution in [0.4, 0.5) is 0 Å². The molecule has 0 radical (unpaired) electrons. The molecule has 5 nitrogen and oxygen atoms in total. The molecule has 0 aliphatic rings. The van der Waals surface area contributed by atoms with Gasteiger partial charge in [-0.05, 0) is 43.2 Å². The van der Waals surface area contributed by atoms with Crippen LogP contribution in [0.1, 0.15) is 28.4 Å². The summed E-state index contributed by atoms with van der Waals surface area (Å²) in [5.41, 5.74) is 8.48. The quantitative estimate of drug-likeness (QED) is 0.524. The summed E-state index contributed by atoms with van der Waals surface area (Å²) in [6.45, 7) is 4.02. The normalized spacial score (nSPS) is 10.6. The first-order chi connectivity index (χ1) is 13.1. The molecule has 1 aromatic heterocycles. The first-order valence-corrected chi connectivity index (χ1v) is 9.72. The summed E-state index contributed by atoms with van der Waals surface area (Å²) in [6.07, 6.45) is 0.839. The molecule has 3 aromatic rings. The lowest BCUT2D eigenvalue weighted by molar-refractivity contribution is -0.119. The SMILES string of the molecule is CCc1cc2ccccc2nc1SCC(=O)NNC(=O)c1ccc(C)cc1. The van der Waals surface area contributed by atoms with Gasteiger partial charge in [-0.15, -0.1) is 0 Å². The lowest BCUT2D eigenvalue weighted by Crippen LogP contribution is -2.42. The number of aryl methyl sites for hydroxylation is 2. The Labute approximate surface area is 162 Å². The molecule has 0 fully saturated rings. The Morgan fingerprint density at radius 2 is 1.78 bits per heavy atom. The Morgan fingerprint density at radius 3 is 2.52 bits per heavy atom. The number of carbonyl (C=O) groups excluding carboxylic acids is 2. The van der Waals surface area contributed by atoms with Gasteiger partial charge in [-0.3, -0.25) is 20.4 Å². The summed E-state index contributed by atoms with van der Waals surface area (Å²) in [4.78, 5) is 28.8. The number of hydrogen-bond acceptors (Lipinski definition) is 4. The number of aromatic nitrogens is 1. The Bertz CT molecular complexity index is 971. The van der Waals surface area contributed by atoms with E-state index in [1.165, 1.54) is 11.8 Å². The van der Waals surface area contributed by atoms with E-state index in [1.54, 1.807) is 12.1 Å². The number of fused-ring (bicyclic) bond motifs is 1. The highest BCUT2D eigenvalue weighted by molar-refractivity contribution is 7.99. The van der Waals surface area contributed by atoms with E-state index in [-0.39, 0.29) is 17.6 Å². The van der Waals surface area contributed by atoms with Gasteiger partial charge in [0.1, 0.15) is 5.03 Å². The highest BCUT2D eigenvalue weighted by Crippen LogP contribution is 2.25. The molecule has 2 N–H and O–H groups in total. The number of amides is 2. The molecule has 0 aliphatic heterocycles. The number of nitrogens with zero attached hydrogens (tertiary/aromatic N) is 1. The Morgan fingerprint density at radius 1 is 1.04 bits per heavy atom. The fourth-order valence-corrected chi connectivity index (χ4v) is 3.49. The third-order valence-corrected chi connectivity index (χ3v) is 5.15. The van der Waals surface area contributed by atoms with Gasteiger partial charge < -0.3 is 0 Å². The second kappa shape index (κ2) is 8.68.